The molecule has 0 aliphatic heterocycles. The van der Waals surface area contributed by atoms with Crippen molar-refractivity contribution < 1.29 is 9.53 Å². The summed E-state index contributed by atoms with van der Waals surface area (Å²) in [4.78, 5) is 10.4. The second-order valence-corrected chi connectivity index (χ2v) is 4.54. The second-order valence-electron chi connectivity index (χ2n) is 4.54. The van der Waals surface area contributed by atoms with E-state index in [-0.39, 0.29) is 6.61 Å². The van der Waals surface area contributed by atoms with Gasteiger partial charge in [-0.1, -0.05) is 24.5 Å². The minimum Gasteiger partial charge on any atom is -0.443 e. The van der Waals surface area contributed by atoms with Crippen molar-refractivity contribution in [3.8, 4) is 0 Å². The van der Waals surface area contributed by atoms with Gasteiger partial charge in [0.05, 0.1) is 6.20 Å². The lowest BCUT2D eigenvalue weighted by Crippen LogP contribution is -2.14. The van der Waals surface area contributed by atoms with Crippen LogP contribution in [0.25, 0.3) is 0 Å². The van der Waals surface area contributed by atoms with E-state index in [2.05, 4.69) is 15.0 Å². The summed E-state index contributed by atoms with van der Waals surface area (Å²) in [5, 5.41) is 7.96. The van der Waals surface area contributed by atoms with Crippen LogP contribution in [0.4, 0.5) is 4.79 Å². The summed E-state index contributed by atoms with van der Waals surface area (Å²) in [6.07, 6.45) is 7.56. The molecule has 0 unspecified atom stereocenters. The maximum Gasteiger partial charge on any atom is 0.404 e. The number of primary amides is 1. The van der Waals surface area contributed by atoms with Gasteiger partial charge in [0, 0.05) is 6.54 Å². The lowest BCUT2D eigenvalue weighted by molar-refractivity contribution is 0.149. The van der Waals surface area contributed by atoms with Crippen molar-refractivity contribution in [3.05, 3.63) is 11.9 Å². The van der Waals surface area contributed by atoms with Gasteiger partial charge in [0.25, 0.3) is 0 Å². The molecule has 94 valence electrons. The van der Waals surface area contributed by atoms with Crippen molar-refractivity contribution in [2.75, 3.05) is 0 Å². The highest BCUT2D eigenvalue weighted by Crippen LogP contribution is 2.24. The van der Waals surface area contributed by atoms with Gasteiger partial charge in [0.15, 0.2) is 0 Å². The van der Waals surface area contributed by atoms with Crippen LogP contribution in [-0.4, -0.2) is 21.1 Å². The molecule has 0 spiro atoms. The Morgan fingerprint density at radius 1 is 1.47 bits per heavy atom. The van der Waals surface area contributed by atoms with Gasteiger partial charge in [-0.25, -0.2) is 4.79 Å². The third-order valence-corrected chi connectivity index (χ3v) is 3.12. The third-order valence-electron chi connectivity index (χ3n) is 3.12. The molecule has 0 bridgehead atoms. The van der Waals surface area contributed by atoms with Gasteiger partial charge in [-0.15, -0.1) is 5.10 Å². The van der Waals surface area contributed by atoms with Crippen LogP contribution in [0, 0.1) is 5.92 Å². The van der Waals surface area contributed by atoms with Gasteiger partial charge >= 0.3 is 6.09 Å². The zero-order chi connectivity index (χ0) is 12.1. The van der Waals surface area contributed by atoms with E-state index < -0.39 is 6.09 Å². The summed E-state index contributed by atoms with van der Waals surface area (Å²) in [6, 6.07) is 0. The lowest BCUT2D eigenvalue weighted by atomic mass is 9.89. The Morgan fingerprint density at radius 2 is 2.24 bits per heavy atom. The van der Waals surface area contributed by atoms with Crippen LogP contribution in [0.2, 0.25) is 0 Å². The van der Waals surface area contributed by atoms with E-state index in [1.54, 1.807) is 0 Å². The SMILES string of the molecule is NC(=O)OCc1cn(CC2CCCCC2)nn1. The molecule has 0 radical (unpaired) electrons. The standard InChI is InChI=1S/C11H18N4O2/c12-11(16)17-8-10-7-15(14-13-10)6-9-4-2-1-3-5-9/h7,9H,1-6,8H2,(H2,12,16). The lowest BCUT2D eigenvalue weighted by Gasteiger charge is -2.20. The maximum absolute atomic E-state index is 10.4. The number of nitrogens with zero attached hydrogens (tertiary/aromatic N) is 3. The van der Waals surface area contributed by atoms with Crippen LogP contribution in [0.3, 0.4) is 0 Å². The number of hydrogen-bond acceptors (Lipinski definition) is 4. The van der Waals surface area contributed by atoms with E-state index in [9.17, 15) is 4.79 Å². The Labute approximate surface area is 100 Å². The summed E-state index contributed by atoms with van der Waals surface area (Å²) in [5.74, 6) is 0.704. The number of hydrogen-bond donors (Lipinski definition) is 1. The average molecular weight is 238 g/mol. The zero-order valence-electron chi connectivity index (χ0n) is 9.84. The molecule has 1 saturated carbocycles. The smallest absolute Gasteiger partial charge is 0.404 e. The molecule has 0 atom stereocenters. The molecule has 1 aromatic heterocycles. The second kappa shape index (κ2) is 5.65. The van der Waals surface area contributed by atoms with Gasteiger partial charge in [-0.05, 0) is 18.8 Å². The summed E-state index contributed by atoms with van der Waals surface area (Å²) in [6.45, 7) is 1.00. The van der Waals surface area contributed by atoms with E-state index in [1.165, 1.54) is 32.1 Å². The van der Waals surface area contributed by atoms with Crippen LogP contribution in [-0.2, 0) is 17.9 Å². The first-order chi connectivity index (χ1) is 8.24. The third kappa shape index (κ3) is 3.72. The largest absolute Gasteiger partial charge is 0.443 e. The molecule has 2 rings (SSSR count). The van der Waals surface area contributed by atoms with Crippen LogP contribution in [0.1, 0.15) is 37.8 Å². The minimum atomic E-state index is -0.785. The Balaban J connectivity index is 1.82. The molecule has 0 saturated heterocycles. The maximum atomic E-state index is 10.4. The molecule has 1 fully saturated rings. The normalized spacial score (nSPS) is 16.9. The van der Waals surface area contributed by atoms with E-state index in [0.717, 1.165) is 6.54 Å². The predicted octanol–water partition coefficient (Wildman–Crippen LogP) is 1.45. The summed E-state index contributed by atoms with van der Waals surface area (Å²) in [7, 11) is 0. The van der Waals surface area contributed by atoms with E-state index in [4.69, 9.17) is 5.73 Å². The van der Waals surface area contributed by atoms with Crippen molar-refractivity contribution in [1.82, 2.24) is 15.0 Å². The van der Waals surface area contributed by atoms with Crippen molar-refractivity contribution in [3.63, 3.8) is 0 Å². The van der Waals surface area contributed by atoms with E-state index >= 15 is 0 Å². The number of aromatic nitrogens is 3. The Kier molecular flexibility index (Phi) is 3.95. The molecule has 1 aliphatic rings. The topological polar surface area (TPSA) is 83.0 Å². The minimum absolute atomic E-state index is 0.0972. The Bertz CT molecular complexity index is 371. The highest BCUT2D eigenvalue weighted by atomic mass is 16.5. The van der Waals surface area contributed by atoms with Gasteiger partial charge in [0.1, 0.15) is 12.3 Å². The van der Waals surface area contributed by atoms with Crippen molar-refractivity contribution >= 4 is 6.09 Å². The van der Waals surface area contributed by atoms with Crippen LogP contribution < -0.4 is 5.73 Å². The van der Waals surface area contributed by atoms with Crippen molar-refractivity contribution in [2.45, 2.75) is 45.3 Å². The molecular weight excluding hydrogens is 220 g/mol. The number of carbonyl (C=O) groups is 1. The summed E-state index contributed by atoms with van der Waals surface area (Å²) < 4.78 is 6.48. The highest BCUT2D eigenvalue weighted by Gasteiger charge is 2.14. The van der Waals surface area contributed by atoms with E-state index in [1.807, 2.05) is 10.9 Å². The summed E-state index contributed by atoms with van der Waals surface area (Å²) >= 11 is 0. The molecule has 6 nitrogen and oxygen atoms in total. The number of rotatable bonds is 4. The zero-order valence-corrected chi connectivity index (χ0v) is 9.84. The van der Waals surface area contributed by atoms with Gasteiger partial charge < -0.3 is 10.5 Å². The van der Waals surface area contributed by atoms with Gasteiger partial charge in [-0.3, -0.25) is 4.68 Å². The number of carbonyl (C=O) groups excluding carboxylic acids is 1. The quantitative estimate of drug-likeness (QED) is 0.860. The average Bonchev–Trinajstić information content (AvgIpc) is 2.75. The fourth-order valence-corrected chi connectivity index (χ4v) is 2.27. The molecular formula is C11H18N4O2. The van der Waals surface area contributed by atoms with E-state index in [0.29, 0.717) is 11.6 Å². The van der Waals surface area contributed by atoms with Crippen LogP contribution in [0.15, 0.2) is 6.20 Å². The number of amides is 1. The first-order valence-electron chi connectivity index (χ1n) is 6.05. The molecule has 1 amide bonds. The molecule has 2 N–H and O–H groups in total. The van der Waals surface area contributed by atoms with Crippen LogP contribution >= 0.6 is 0 Å². The Morgan fingerprint density at radius 3 is 2.94 bits per heavy atom. The highest BCUT2D eigenvalue weighted by molar-refractivity contribution is 5.64. The Hall–Kier alpha value is -1.59. The summed E-state index contributed by atoms with van der Waals surface area (Å²) in [5.41, 5.74) is 5.52. The van der Waals surface area contributed by atoms with Gasteiger partial charge in [-0.2, -0.15) is 0 Å². The molecule has 17 heavy (non-hydrogen) atoms. The van der Waals surface area contributed by atoms with Crippen LogP contribution in [0.5, 0.6) is 0 Å². The number of nitrogens with two attached hydrogens (primary N) is 1. The molecule has 1 aliphatic carbocycles. The molecule has 1 heterocycles. The fourth-order valence-electron chi connectivity index (χ4n) is 2.27. The first-order valence-corrected chi connectivity index (χ1v) is 6.05. The monoisotopic (exact) mass is 238 g/mol. The molecule has 6 heteroatoms. The molecule has 0 aromatic carbocycles. The van der Waals surface area contributed by atoms with Gasteiger partial charge in [0.2, 0.25) is 0 Å². The van der Waals surface area contributed by atoms with Crippen molar-refractivity contribution in [1.29, 1.82) is 0 Å². The van der Waals surface area contributed by atoms with Crippen molar-refractivity contribution in [2.24, 2.45) is 11.7 Å². The first kappa shape index (κ1) is 11.9. The molecule has 1 aromatic rings. The predicted molar refractivity (Wildman–Crippen MR) is 61.0 cm³/mol. The number of ether oxygens (including phenoxy) is 1. The fraction of sp³-hybridized carbons (Fsp3) is 0.727.